The van der Waals surface area contributed by atoms with Gasteiger partial charge in [-0.3, -0.25) is 23.5 Å². The molecule has 2 aromatic heterocycles. The fourth-order valence-electron chi connectivity index (χ4n) is 4.10. The lowest BCUT2D eigenvalue weighted by Crippen LogP contribution is -2.43. The zero-order chi connectivity index (χ0) is 22.5. The van der Waals surface area contributed by atoms with Gasteiger partial charge in [-0.25, -0.2) is 4.79 Å². The third-order valence-corrected chi connectivity index (χ3v) is 5.76. The van der Waals surface area contributed by atoms with Crippen molar-refractivity contribution in [3.63, 3.8) is 0 Å². The minimum absolute atomic E-state index is 0.0225. The van der Waals surface area contributed by atoms with E-state index in [4.69, 9.17) is 4.42 Å². The number of carbonyl (C=O) groups excluding carboxylic acids is 2. The van der Waals surface area contributed by atoms with Gasteiger partial charge < -0.3 is 15.1 Å². The summed E-state index contributed by atoms with van der Waals surface area (Å²) in [7, 11) is 0. The maximum Gasteiger partial charge on any atom is 0.331 e. The third kappa shape index (κ3) is 4.82. The molecule has 32 heavy (non-hydrogen) atoms. The fourth-order valence-corrected chi connectivity index (χ4v) is 4.10. The molecule has 2 N–H and O–H groups in total. The van der Waals surface area contributed by atoms with Gasteiger partial charge in [-0.15, -0.1) is 0 Å². The minimum Gasteiger partial charge on any atom is -0.467 e. The number of hydrogen-bond acceptors (Lipinski definition) is 5. The molecule has 0 saturated heterocycles. The smallest absolute Gasteiger partial charge is 0.331 e. The molecular weight excluding hydrogens is 412 g/mol. The number of fused-ring (bicyclic) bond motifs is 1. The molecule has 1 saturated carbocycles. The van der Waals surface area contributed by atoms with Crippen LogP contribution in [0.15, 0.2) is 56.7 Å². The summed E-state index contributed by atoms with van der Waals surface area (Å²) >= 11 is 0. The second kappa shape index (κ2) is 9.67. The van der Waals surface area contributed by atoms with Gasteiger partial charge in [0.2, 0.25) is 11.8 Å². The van der Waals surface area contributed by atoms with Crippen molar-refractivity contribution in [1.29, 1.82) is 0 Å². The monoisotopic (exact) mass is 438 g/mol. The number of aromatic nitrogens is 2. The Morgan fingerprint density at radius 1 is 1.00 bits per heavy atom. The van der Waals surface area contributed by atoms with Crippen LogP contribution in [0.2, 0.25) is 0 Å². The van der Waals surface area contributed by atoms with Crippen LogP contribution in [0.5, 0.6) is 0 Å². The number of nitrogens with zero attached hydrogens (tertiary/aromatic N) is 2. The van der Waals surface area contributed by atoms with Crippen molar-refractivity contribution in [2.45, 2.75) is 57.8 Å². The van der Waals surface area contributed by atoms with Gasteiger partial charge in [-0.1, -0.05) is 25.0 Å². The van der Waals surface area contributed by atoms with Gasteiger partial charge in [0.15, 0.2) is 0 Å². The quantitative estimate of drug-likeness (QED) is 0.553. The second-order valence-electron chi connectivity index (χ2n) is 8.00. The topological polar surface area (TPSA) is 115 Å². The first-order valence-electron chi connectivity index (χ1n) is 10.8. The van der Waals surface area contributed by atoms with E-state index in [0.29, 0.717) is 16.7 Å². The van der Waals surface area contributed by atoms with E-state index in [1.165, 1.54) is 10.8 Å². The third-order valence-electron chi connectivity index (χ3n) is 5.76. The van der Waals surface area contributed by atoms with E-state index >= 15 is 0 Å². The van der Waals surface area contributed by atoms with Crippen molar-refractivity contribution >= 4 is 22.7 Å². The fraction of sp³-hybridized carbons (Fsp3) is 0.391. The molecule has 9 heteroatoms. The van der Waals surface area contributed by atoms with Gasteiger partial charge in [-0.05, 0) is 37.1 Å². The number of amides is 2. The molecule has 1 aliphatic rings. The van der Waals surface area contributed by atoms with E-state index in [1.807, 2.05) is 0 Å². The summed E-state index contributed by atoms with van der Waals surface area (Å²) < 4.78 is 7.50. The molecule has 0 bridgehead atoms. The highest BCUT2D eigenvalue weighted by molar-refractivity contribution is 5.81. The van der Waals surface area contributed by atoms with Crippen LogP contribution in [-0.2, 0) is 29.2 Å². The Balaban J connectivity index is 1.54. The zero-order valence-electron chi connectivity index (χ0n) is 17.7. The van der Waals surface area contributed by atoms with Crippen LogP contribution in [0.3, 0.4) is 0 Å². The van der Waals surface area contributed by atoms with Crippen molar-refractivity contribution in [2.75, 3.05) is 0 Å². The lowest BCUT2D eigenvalue weighted by Gasteiger charge is -2.15. The Morgan fingerprint density at radius 2 is 1.78 bits per heavy atom. The molecule has 0 aliphatic heterocycles. The molecule has 3 aromatic rings. The Kier molecular flexibility index (Phi) is 6.53. The van der Waals surface area contributed by atoms with Crippen molar-refractivity contribution in [3.05, 3.63) is 69.3 Å². The average Bonchev–Trinajstić information content (AvgIpc) is 3.49. The summed E-state index contributed by atoms with van der Waals surface area (Å²) in [5.74, 6) is 0.0192. The van der Waals surface area contributed by atoms with Crippen molar-refractivity contribution < 1.29 is 14.0 Å². The maximum absolute atomic E-state index is 13.1. The molecular formula is C23H26N4O5. The molecule has 0 unspecified atom stereocenters. The first-order valence-corrected chi connectivity index (χ1v) is 10.8. The highest BCUT2D eigenvalue weighted by Crippen LogP contribution is 2.17. The van der Waals surface area contributed by atoms with E-state index in [1.54, 1.807) is 36.4 Å². The highest BCUT2D eigenvalue weighted by Gasteiger charge is 2.19. The SMILES string of the molecule is O=C(Cn1c(=O)n(CCC(=O)NC2CCCC2)c(=O)c2ccccc21)NCc1ccco1. The number of carbonyl (C=O) groups is 2. The normalized spacial score (nSPS) is 14.0. The highest BCUT2D eigenvalue weighted by atomic mass is 16.3. The molecule has 4 rings (SSSR count). The predicted octanol–water partition coefficient (Wildman–Crippen LogP) is 1.52. The van der Waals surface area contributed by atoms with E-state index in [2.05, 4.69) is 10.6 Å². The lowest BCUT2D eigenvalue weighted by molar-refractivity contribution is -0.123. The molecule has 0 radical (unpaired) electrons. The number of rotatable bonds is 8. The molecule has 2 amide bonds. The molecule has 1 aromatic carbocycles. The largest absolute Gasteiger partial charge is 0.467 e. The van der Waals surface area contributed by atoms with Crippen LogP contribution < -0.4 is 21.9 Å². The molecule has 0 atom stereocenters. The number of para-hydroxylation sites is 1. The first kappa shape index (κ1) is 21.6. The van der Waals surface area contributed by atoms with Crippen molar-refractivity contribution in [1.82, 2.24) is 19.8 Å². The van der Waals surface area contributed by atoms with Crippen LogP contribution in [0.4, 0.5) is 0 Å². The summed E-state index contributed by atoms with van der Waals surface area (Å²) in [5.41, 5.74) is -0.704. The summed E-state index contributed by atoms with van der Waals surface area (Å²) in [6.45, 7) is -0.108. The van der Waals surface area contributed by atoms with Crippen LogP contribution in [0.1, 0.15) is 37.9 Å². The van der Waals surface area contributed by atoms with Gasteiger partial charge in [0, 0.05) is 19.0 Å². The molecule has 1 fully saturated rings. The van der Waals surface area contributed by atoms with Gasteiger partial charge in [0.1, 0.15) is 12.3 Å². The van der Waals surface area contributed by atoms with Crippen molar-refractivity contribution in [2.24, 2.45) is 0 Å². The van der Waals surface area contributed by atoms with Crippen LogP contribution in [0.25, 0.3) is 10.9 Å². The number of benzene rings is 1. The van der Waals surface area contributed by atoms with Gasteiger partial charge in [-0.2, -0.15) is 0 Å². The van der Waals surface area contributed by atoms with Gasteiger partial charge in [0.25, 0.3) is 5.56 Å². The maximum atomic E-state index is 13.1. The van der Waals surface area contributed by atoms with Crippen LogP contribution in [0, 0.1) is 0 Å². The number of nitrogens with one attached hydrogen (secondary N) is 2. The molecule has 0 spiro atoms. The Labute approximate surface area is 184 Å². The summed E-state index contributed by atoms with van der Waals surface area (Å²) in [6.07, 6.45) is 5.65. The Bertz CT molecular complexity index is 1220. The minimum atomic E-state index is -0.615. The van der Waals surface area contributed by atoms with Gasteiger partial charge in [0.05, 0.1) is 23.7 Å². The van der Waals surface area contributed by atoms with E-state index < -0.39 is 17.2 Å². The van der Waals surface area contributed by atoms with E-state index in [0.717, 1.165) is 30.3 Å². The first-order chi connectivity index (χ1) is 15.5. The molecule has 2 heterocycles. The summed E-state index contributed by atoms with van der Waals surface area (Å²) in [5, 5.41) is 5.99. The van der Waals surface area contributed by atoms with Gasteiger partial charge >= 0.3 is 5.69 Å². The number of hydrogen-bond donors (Lipinski definition) is 2. The summed E-state index contributed by atoms with van der Waals surface area (Å²) in [6, 6.07) is 10.3. The average molecular weight is 438 g/mol. The number of furan rings is 1. The molecule has 9 nitrogen and oxygen atoms in total. The Hall–Kier alpha value is -3.62. The molecule has 168 valence electrons. The summed E-state index contributed by atoms with van der Waals surface area (Å²) in [4.78, 5) is 50.9. The molecule has 1 aliphatic carbocycles. The Morgan fingerprint density at radius 3 is 2.53 bits per heavy atom. The standard InChI is InChI=1S/C23H26N4O5/c28-20(25-16-6-1-2-7-16)11-12-26-22(30)18-9-3-4-10-19(18)27(23(26)31)15-21(29)24-14-17-8-5-13-32-17/h3-5,8-10,13,16H,1-2,6-7,11-12,14-15H2,(H,24,29)(H,25,28). The van der Waals surface area contributed by atoms with Crippen LogP contribution >= 0.6 is 0 Å². The second-order valence-corrected chi connectivity index (χ2v) is 8.00. The van der Waals surface area contributed by atoms with E-state index in [9.17, 15) is 19.2 Å². The zero-order valence-corrected chi connectivity index (χ0v) is 17.7. The van der Waals surface area contributed by atoms with Crippen molar-refractivity contribution in [3.8, 4) is 0 Å². The predicted molar refractivity (Wildman–Crippen MR) is 118 cm³/mol. The van der Waals surface area contributed by atoms with Crippen LogP contribution in [-0.4, -0.2) is 27.0 Å². The lowest BCUT2D eigenvalue weighted by atomic mass is 10.2. The van der Waals surface area contributed by atoms with E-state index in [-0.39, 0.29) is 38.0 Å².